The molecule has 1 unspecified atom stereocenters. The number of likely N-dealkylation sites (N-methyl/N-ethyl adjacent to an activating group) is 1. The van der Waals surface area contributed by atoms with Gasteiger partial charge in [0.25, 0.3) is 0 Å². The molecule has 0 bridgehead atoms. The summed E-state index contributed by atoms with van der Waals surface area (Å²) in [5.41, 5.74) is 2.15. The number of amides is 1. The van der Waals surface area contributed by atoms with Gasteiger partial charge in [0.05, 0.1) is 19.7 Å². The van der Waals surface area contributed by atoms with Crippen LogP contribution < -0.4 is 19.5 Å². The van der Waals surface area contributed by atoms with Crippen molar-refractivity contribution in [3.8, 4) is 17.2 Å². The van der Waals surface area contributed by atoms with Gasteiger partial charge in [0.15, 0.2) is 11.5 Å². The van der Waals surface area contributed by atoms with Crippen LogP contribution in [0.5, 0.6) is 17.2 Å². The largest absolute Gasteiger partial charge is 0.497 e. The number of hydrogen-bond acceptors (Lipinski definition) is 5. The molecule has 150 valence electrons. The van der Waals surface area contributed by atoms with Gasteiger partial charge in [0, 0.05) is 6.54 Å². The smallest absolute Gasteiger partial charge is 0.234 e. The van der Waals surface area contributed by atoms with Crippen LogP contribution in [0.2, 0.25) is 0 Å². The molecule has 3 rings (SSSR count). The predicted molar refractivity (Wildman–Crippen MR) is 108 cm³/mol. The van der Waals surface area contributed by atoms with Gasteiger partial charge in [-0.2, -0.15) is 0 Å². The van der Waals surface area contributed by atoms with Gasteiger partial charge in [-0.25, -0.2) is 0 Å². The number of hydrogen-bond donors (Lipinski definition) is 1. The van der Waals surface area contributed by atoms with Crippen molar-refractivity contribution in [1.82, 2.24) is 10.2 Å². The van der Waals surface area contributed by atoms with E-state index in [0.29, 0.717) is 13.1 Å². The van der Waals surface area contributed by atoms with Crippen molar-refractivity contribution in [3.63, 3.8) is 0 Å². The maximum absolute atomic E-state index is 12.6. The highest BCUT2D eigenvalue weighted by atomic mass is 16.7. The summed E-state index contributed by atoms with van der Waals surface area (Å²) in [6, 6.07) is 13.7. The molecule has 1 amide bonds. The first-order valence-corrected chi connectivity index (χ1v) is 9.46. The van der Waals surface area contributed by atoms with Gasteiger partial charge in [-0.3, -0.25) is 9.69 Å². The molecule has 1 heterocycles. The molecule has 0 saturated carbocycles. The highest BCUT2D eigenvalue weighted by Gasteiger charge is 2.20. The topological polar surface area (TPSA) is 60.0 Å². The van der Waals surface area contributed by atoms with E-state index in [9.17, 15) is 4.79 Å². The molecule has 6 nitrogen and oxygen atoms in total. The van der Waals surface area contributed by atoms with Crippen molar-refractivity contribution in [3.05, 3.63) is 53.6 Å². The molecule has 0 fully saturated rings. The normalized spacial score (nSPS) is 13.6. The van der Waals surface area contributed by atoms with Crippen LogP contribution in [0.3, 0.4) is 0 Å². The van der Waals surface area contributed by atoms with Gasteiger partial charge in [-0.05, 0) is 48.4 Å². The zero-order valence-electron chi connectivity index (χ0n) is 16.9. The molecule has 0 aromatic heterocycles. The second kappa shape index (κ2) is 8.97. The van der Waals surface area contributed by atoms with E-state index >= 15 is 0 Å². The molecule has 1 aliphatic rings. The number of ether oxygens (including phenoxy) is 3. The highest BCUT2D eigenvalue weighted by molar-refractivity contribution is 5.78. The van der Waals surface area contributed by atoms with Gasteiger partial charge in [-0.15, -0.1) is 0 Å². The summed E-state index contributed by atoms with van der Waals surface area (Å²) in [5.74, 6) is 2.61. The average molecular weight is 384 g/mol. The van der Waals surface area contributed by atoms with Crippen LogP contribution in [0, 0.1) is 5.92 Å². The van der Waals surface area contributed by atoms with E-state index in [1.165, 1.54) is 0 Å². The molecule has 0 radical (unpaired) electrons. The minimum absolute atomic E-state index is 0.00207. The van der Waals surface area contributed by atoms with E-state index in [1.54, 1.807) is 7.11 Å². The van der Waals surface area contributed by atoms with Crippen LogP contribution in [0.1, 0.15) is 31.0 Å². The number of nitrogens with one attached hydrogen (secondary N) is 1. The molecule has 28 heavy (non-hydrogen) atoms. The third-order valence-electron chi connectivity index (χ3n) is 4.76. The predicted octanol–water partition coefficient (Wildman–Crippen LogP) is 3.37. The highest BCUT2D eigenvalue weighted by Crippen LogP contribution is 2.32. The summed E-state index contributed by atoms with van der Waals surface area (Å²) in [4.78, 5) is 14.6. The molecule has 0 spiro atoms. The first-order chi connectivity index (χ1) is 13.5. The zero-order chi connectivity index (χ0) is 20.1. The lowest BCUT2D eigenvalue weighted by molar-refractivity contribution is -0.123. The van der Waals surface area contributed by atoms with Crippen LogP contribution in [0.4, 0.5) is 0 Å². The Kier molecular flexibility index (Phi) is 6.41. The second-order valence-electron chi connectivity index (χ2n) is 7.42. The number of methoxy groups -OCH3 is 1. The van der Waals surface area contributed by atoms with Gasteiger partial charge >= 0.3 is 0 Å². The number of nitrogens with zero attached hydrogens (tertiary/aromatic N) is 1. The number of carbonyl (C=O) groups excluding carboxylic acids is 1. The Morgan fingerprint density at radius 2 is 1.86 bits per heavy atom. The second-order valence-corrected chi connectivity index (χ2v) is 7.42. The van der Waals surface area contributed by atoms with E-state index in [2.05, 4.69) is 19.2 Å². The Balaban J connectivity index is 1.57. The monoisotopic (exact) mass is 384 g/mol. The number of benzene rings is 2. The van der Waals surface area contributed by atoms with Gasteiger partial charge in [-0.1, -0.05) is 32.0 Å². The van der Waals surface area contributed by atoms with Crippen LogP contribution in [-0.2, 0) is 11.3 Å². The SMILES string of the molecule is COc1ccc(C(NC(=O)CN(C)Cc2ccc3c(c2)OCO3)C(C)C)cc1. The van der Waals surface area contributed by atoms with Crippen molar-refractivity contribution in [2.75, 3.05) is 27.5 Å². The van der Waals surface area contributed by atoms with E-state index in [-0.39, 0.29) is 24.7 Å². The Morgan fingerprint density at radius 3 is 2.54 bits per heavy atom. The van der Waals surface area contributed by atoms with Crippen molar-refractivity contribution in [1.29, 1.82) is 0 Å². The summed E-state index contributed by atoms with van der Waals surface area (Å²) in [6.45, 7) is 5.43. The summed E-state index contributed by atoms with van der Waals surface area (Å²) < 4.78 is 16.0. The molecule has 2 aromatic carbocycles. The maximum Gasteiger partial charge on any atom is 0.234 e. The van der Waals surface area contributed by atoms with E-state index in [1.807, 2.05) is 54.4 Å². The minimum atomic E-state index is -0.0441. The minimum Gasteiger partial charge on any atom is -0.497 e. The van der Waals surface area contributed by atoms with Crippen molar-refractivity contribution < 1.29 is 19.0 Å². The van der Waals surface area contributed by atoms with Crippen molar-refractivity contribution in [2.45, 2.75) is 26.4 Å². The fourth-order valence-corrected chi connectivity index (χ4v) is 3.32. The van der Waals surface area contributed by atoms with E-state index in [4.69, 9.17) is 14.2 Å². The summed E-state index contributed by atoms with van der Waals surface area (Å²) in [5, 5.41) is 3.16. The Bertz CT molecular complexity index is 805. The third-order valence-corrected chi connectivity index (χ3v) is 4.76. The zero-order valence-corrected chi connectivity index (χ0v) is 16.9. The molecule has 0 aliphatic carbocycles. The average Bonchev–Trinajstić information content (AvgIpc) is 3.13. The van der Waals surface area contributed by atoms with Crippen LogP contribution in [-0.4, -0.2) is 38.3 Å². The van der Waals surface area contributed by atoms with Gasteiger partial charge in [0.1, 0.15) is 5.75 Å². The van der Waals surface area contributed by atoms with E-state index in [0.717, 1.165) is 28.4 Å². The number of rotatable bonds is 8. The summed E-state index contributed by atoms with van der Waals surface area (Å²) >= 11 is 0. The Hall–Kier alpha value is -2.73. The molecular formula is C22H28N2O4. The molecule has 6 heteroatoms. The lowest BCUT2D eigenvalue weighted by Gasteiger charge is -2.25. The number of carbonyl (C=O) groups is 1. The molecule has 2 aromatic rings. The molecule has 1 N–H and O–H groups in total. The van der Waals surface area contributed by atoms with Crippen molar-refractivity contribution in [2.24, 2.45) is 5.92 Å². The maximum atomic E-state index is 12.6. The number of fused-ring (bicyclic) bond motifs is 1. The fraction of sp³-hybridized carbons (Fsp3) is 0.409. The molecular weight excluding hydrogens is 356 g/mol. The first kappa shape index (κ1) is 20.0. The Labute approximate surface area is 166 Å². The standard InChI is InChI=1S/C22H28N2O4/c1-15(2)22(17-6-8-18(26-4)9-7-17)23-21(25)13-24(3)12-16-5-10-19-20(11-16)28-14-27-19/h5-11,15,22H,12-14H2,1-4H3,(H,23,25). The quantitative estimate of drug-likeness (QED) is 0.756. The Morgan fingerprint density at radius 1 is 1.14 bits per heavy atom. The van der Waals surface area contributed by atoms with Gasteiger partial charge < -0.3 is 19.5 Å². The summed E-state index contributed by atoms with van der Waals surface area (Å²) in [7, 11) is 3.58. The summed E-state index contributed by atoms with van der Waals surface area (Å²) in [6.07, 6.45) is 0. The fourth-order valence-electron chi connectivity index (χ4n) is 3.32. The van der Waals surface area contributed by atoms with Crippen molar-refractivity contribution >= 4 is 5.91 Å². The molecule has 0 saturated heterocycles. The molecule has 1 atom stereocenters. The third kappa shape index (κ3) is 4.95. The van der Waals surface area contributed by atoms with Gasteiger partial charge in [0.2, 0.25) is 12.7 Å². The molecule has 1 aliphatic heterocycles. The lowest BCUT2D eigenvalue weighted by Crippen LogP contribution is -2.38. The lowest BCUT2D eigenvalue weighted by atomic mass is 9.96. The van der Waals surface area contributed by atoms with Crippen LogP contribution in [0.25, 0.3) is 0 Å². The first-order valence-electron chi connectivity index (χ1n) is 9.46. The van der Waals surface area contributed by atoms with E-state index < -0.39 is 0 Å². The van der Waals surface area contributed by atoms with Crippen LogP contribution >= 0.6 is 0 Å². The van der Waals surface area contributed by atoms with Crippen LogP contribution in [0.15, 0.2) is 42.5 Å².